The van der Waals surface area contributed by atoms with E-state index in [1.54, 1.807) is 6.07 Å². The van der Waals surface area contributed by atoms with Gasteiger partial charge in [-0.05, 0) is 51.2 Å². The highest BCUT2D eigenvalue weighted by Gasteiger charge is 2.26. The van der Waals surface area contributed by atoms with E-state index in [9.17, 15) is 10.1 Å². The Balaban J connectivity index is 1.85. The van der Waals surface area contributed by atoms with Crippen LogP contribution in [0.25, 0.3) is 0 Å². The molecule has 1 amide bonds. The SMILES string of the molecule is CN(C)C1CCCN(C(=O)c2ccccc2Sc2ccccc2C#N)C1. The van der Waals surface area contributed by atoms with Crippen LogP contribution in [0.2, 0.25) is 0 Å². The molecular formula is C21H23N3OS. The van der Waals surface area contributed by atoms with Crippen molar-refractivity contribution in [1.29, 1.82) is 5.26 Å². The fourth-order valence-corrected chi connectivity index (χ4v) is 4.25. The lowest BCUT2D eigenvalue weighted by Gasteiger charge is -2.36. The van der Waals surface area contributed by atoms with E-state index in [0.717, 1.165) is 35.7 Å². The molecule has 1 aliphatic heterocycles. The zero-order chi connectivity index (χ0) is 18.5. The normalized spacial score (nSPS) is 17.2. The predicted octanol–water partition coefficient (Wildman–Crippen LogP) is 3.88. The average Bonchev–Trinajstić information content (AvgIpc) is 2.68. The molecule has 1 saturated heterocycles. The summed E-state index contributed by atoms with van der Waals surface area (Å²) in [6.07, 6.45) is 2.16. The molecule has 4 nitrogen and oxygen atoms in total. The molecule has 0 N–H and O–H groups in total. The minimum Gasteiger partial charge on any atom is -0.337 e. The molecular weight excluding hydrogens is 342 g/mol. The van der Waals surface area contributed by atoms with E-state index in [-0.39, 0.29) is 5.91 Å². The van der Waals surface area contributed by atoms with Gasteiger partial charge >= 0.3 is 0 Å². The monoisotopic (exact) mass is 365 g/mol. The largest absolute Gasteiger partial charge is 0.337 e. The van der Waals surface area contributed by atoms with Crippen LogP contribution >= 0.6 is 11.8 Å². The van der Waals surface area contributed by atoms with Gasteiger partial charge in [0.25, 0.3) is 5.91 Å². The van der Waals surface area contributed by atoms with Crippen molar-refractivity contribution < 1.29 is 4.79 Å². The molecule has 0 spiro atoms. The third-order valence-corrected chi connectivity index (χ3v) is 5.91. The second-order valence-corrected chi connectivity index (χ2v) is 7.80. The molecule has 1 heterocycles. The highest BCUT2D eigenvalue weighted by atomic mass is 32.2. The highest BCUT2D eigenvalue weighted by molar-refractivity contribution is 7.99. The fourth-order valence-electron chi connectivity index (χ4n) is 3.23. The smallest absolute Gasteiger partial charge is 0.255 e. The van der Waals surface area contributed by atoms with Crippen LogP contribution in [0.1, 0.15) is 28.8 Å². The molecule has 0 saturated carbocycles. The third kappa shape index (κ3) is 4.09. The van der Waals surface area contributed by atoms with Gasteiger partial charge in [0.1, 0.15) is 6.07 Å². The van der Waals surface area contributed by atoms with E-state index in [2.05, 4.69) is 25.1 Å². The lowest BCUT2D eigenvalue weighted by Crippen LogP contribution is -2.47. The summed E-state index contributed by atoms with van der Waals surface area (Å²) in [6, 6.07) is 17.8. The summed E-state index contributed by atoms with van der Waals surface area (Å²) in [5.41, 5.74) is 1.34. The van der Waals surface area contributed by atoms with Crippen LogP contribution in [0, 0.1) is 11.3 Å². The first-order chi connectivity index (χ1) is 12.6. The minimum absolute atomic E-state index is 0.0779. The van der Waals surface area contributed by atoms with E-state index in [1.807, 2.05) is 47.4 Å². The van der Waals surface area contributed by atoms with Crippen LogP contribution in [0.3, 0.4) is 0 Å². The zero-order valence-corrected chi connectivity index (χ0v) is 16.0. The van der Waals surface area contributed by atoms with Crippen molar-refractivity contribution in [3.8, 4) is 6.07 Å². The Bertz CT molecular complexity index is 828. The Morgan fingerprint density at radius 1 is 1.15 bits per heavy atom. The Kier molecular flexibility index (Phi) is 5.97. The zero-order valence-electron chi connectivity index (χ0n) is 15.2. The van der Waals surface area contributed by atoms with E-state index in [0.29, 0.717) is 17.2 Å². The highest BCUT2D eigenvalue weighted by Crippen LogP contribution is 2.33. The van der Waals surface area contributed by atoms with Crippen molar-refractivity contribution >= 4 is 17.7 Å². The topological polar surface area (TPSA) is 47.3 Å². The first kappa shape index (κ1) is 18.5. The number of piperidine rings is 1. The fraction of sp³-hybridized carbons (Fsp3) is 0.333. The molecule has 2 aromatic carbocycles. The van der Waals surface area contributed by atoms with E-state index >= 15 is 0 Å². The van der Waals surface area contributed by atoms with Gasteiger partial charge in [0.2, 0.25) is 0 Å². The summed E-state index contributed by atoms with van der Waals surface area (Å²) in [6.45, 7) is 1.57. The van der Waals surface area contributed by atoms with Gasteiger partial charge in [-0.15, -0.1) is 0 Å². The van der Waals surface area contributed by atoms with Crippen molar-refractivity contribution in [2.24, 2.45) is 0 Å². The second-order valence-electron chi connectivity index (χ2n) is 6.72. The molecule has 1 fully saturated rings. The number of nitriles is 1. The van der Waals surface area contributed by atoms with Gasteiger partial charge in [0.05, 0.1) is 11.1 Å². The maximum atomic E-state index is 13.2. The molecule has 0 aromatic heterocycles. The summed E-state index contributed by atoms with van der Waals surface area (Å²) in [5, 5.41) is 9.32. The van der Waals surface area contributed by atoms with Crippen molar-refractivity contribution in [3.05, 3.63) is 59.7 Å². The van der Waals surface area contributed by atoms with Gasteiger partial charge in [-0.3, -0.25) is 4.79 Å². The lowest BCUT2D eigenvalue weighted by molar-refractivity contribution is 0.0631. The molecule has 1 aliphatic rings. The first-order valence-corrected chi connectivity index (χ1v) is 9.63. The number of hydrogen-bond donors (Lipinski definition) is 0. The number of carbonyl (C=O) groups is 1. The van der Waals surface area contributed by atoms with Crippen molar-refractivity contribution in [2.45, 2.75) is 28.7 Å². The molecule has 1 atom stereocenters. The number of hydrogen-bond acceptors (Lipinski definition) is 4. The summed E-state index contributed by atoms with van der Waals surface area (Å²) in [5.74, 6) is 0.0779. The number of likely N-dealkylation sites (tertiary alicyclic amines) is 1. The van der Waals surface area contributed by atoms with Gasteiger partial charge in [-0.25, -0.2) is 0 Å². The van der Waals surface area contributed by atoms with Crippen LogP contribution in [0.15, 0.2) is 58.3 Å². The van der Waals surface area contributed by atoms with Gasteiger partial charge in [-0.2, -0.15) is 5.26 Å². The van der Waals surface area contributed by atoms with Crippen LogP contribution in [0.4, 0.5) is 0 Å². The Labute approximate surface area is 159 Å². The lowest BCUT2D eigenvalue weighted by atomic mass is 10.0. The predicted molar refractivity (Wildman–Crippen MR) is 104 cm³/mol. The van der Waals surface area contributed by atoms with Gasteiger partial charge < -0.3 is 9.80 Å². The molecule has 2 aromatic rings. The van der Waals surface area contributed by atoms with E-state index in [4.69, 9.17) is 0 Å². The Hall–Kier alpha value is -2.29. The van der Waals surface area contributed by atoms with Crippen LogP contribution in [-0.2, 0) is 0 Å². The van der Waals surface area contributed by atoms with E-state index in [1.165, 1.54) is 11.8 Å². The maximum absolute atomic E-state index is 13.2. The standard InChI is InChI=1S/C21H23N3OS/c1-23(2)17-9-7-13-24(15-17)21(25)18-10-4-6-12-20(18)26-19-11-5-3-8-16(19)14-22/h3-6,8,10-12,17H,7,9,13,15H2,1-2H3. The molecule has 3 rings (SSSR count). The van der Waals surface area contributed by atoms with Crippen LogP contribution < -0.4 is 0 Å². The molecule has 5 heteroatoms. The molecule has 134 valence electrons. The molecule has 26 heavy (non-hydrogen) atoms. The Morgan fingerprint density at radius 3 is 2.58 bits per heavy atom. The summed E-state index contributed by atoms with van der Waals surface area (Å²) in [7, 11) is 4.14. The Morgan fingerprint density at radius 2 is 1.85 bits per heavy atom. The third-order valence-electron chi connectivity index (χ3n) is 4.76. The molecule has 0 bridgehead atoms. The minimum atomic E-state index is 0.0779. The van der Waals surface area contributed by atoms with Gasteiger partial charge in [0, 0.05) is 28.9 Å². The summed E-state index contributed by atoms with van der Waals surface area (Å²) >= 11 is 1.48. The molecule has 1 unspecified atom stereocenters. The molecule has 0 aliphatic carbocycles. The number of carbonyl (C=O) groups excluding carboxylic acids is 1. The second kappa shape index (κ2) is 8.39. The summed E-state index contributed by atoms with van der Waals surface area (Å²) in [4.78, 5) is 19.1. The number of nitrogens with zero attached hydrogens (tertiary/aromatic N) is 3. The molecule has 0 radical (unpaired) electrons. The van der Waals surface area contributed by atoms with Crippen LogP contribution in [-0.4, -0.2) is 48.9 Å². The number of amides is 1. The number of benzene rings is 2. The van der Waals surface area contributed by atoms with Crippen molar-refractivity contribution in [3.63, 3.8) is 0 Å². The van der Waals surface area contributed by atoms with Crippen molar-refractivity contribution in [1.82, 2.24) is 9.80 Å². The number of likely N-dealkylation sites (N-methyl/N-ethyl adjacent to an activating group) is 1. The van der Waals surface area contributed by atoms with Gasteiger partial charge in [-0.1, -0.05) is 36.0 Å². The average molecular weight is 366 g/mol. The van der Waals surface area contributed by atoms with Crippen molar-refractivity contribution in [2.75, 3.05) is 27.2 Å². The quantitative estimate of drug-likeness (QED) is 0.825. The summed E-state index contributed by atoms with van der Waals surface area (Å²) < 4.78 is 0. The van der Waals surface area contributed by atoms with Crippen LogP contribution in [0.5, 0.6) is 0 Å². The maximum Gasteiger partial charge on any atom is 0.255 e. The number of rotatable bonds is 4. The van der Waals surface area contributed by atoms with E-state index < -0.39 is 0 Å². The van der Waals surface area contributed by atoms with Gasteiger partial charge in [0.15, 0.2) is 0 Å². The first-order valence-electron chi connectivity index (χ1n) is 8.82.